The van der Waals surface area contributed by atoms with Gasteiger partial charge < -0.3 is 10.5 Å². The number of carbonyl (C=O) groups excluding carboxylic acids is 1. The van der Waals surface area contributed by atoms with E-state index < -0.39 is 0 Å². The van der Waals surface area contributed by atoms with Crippen LogP contribution in [0.15, 0.2) is 41.9 Å². The molecule has 1 fully saturated rings. The first kappa shape index (κ1) is 15.7. The molecule has 0 radical (unpaired) electrons. The van der Waals surface area contributed by atoms with Crippen LogP contribution in [0.2, 0.25) is 0 Å². The molecule has 5 nitrogen and oxygen atoms in total. The van der Waals surface area contributed by atoms with E-state index in [-0.39, 0.29) is 5.91 Å². The third kappa shape index (κ3) is 4.18. The van der Waals surface area contributed by atoms with Gasteiger partial charge in [-0.25, -0.2) is 4.98 Å². The van der Waals surface area contributed by atoms with Gasteiger partial charge >= 0.3 is 0 Å². The van der Waals surface area contributed by atoms with Crippen molar-refractivity contribution in [2.75, 3.05) is 24.3 Å². The Kier molecular flexibility index (Phi) is 5.05. The van der Waals surface area contributed by atoms with E-state index in [1.165, 1.54) is 11.3 Å². The lowest BCUT2D eigenvalue weighted by Crippen LogP contribution is -2.18. The maximum atomic E-state index is 12.7. The number of aromatic nitrogens is 1. The first-order valence-electron chi connectivity index (χ1n) is 7.58. The van der Waals surface area contributed by atoms with Crippen molar-refractivity contribution >= 4 is 33.6 Å². The lowest BCUT2D eigenvalue weighted by Gasteiger charge is -2.20. The molecule has 1 aromatic carbocycles. The van der Waals surface area contributed by atoms with Gasteiger partial charge in [-0.3, -0.25) is 10.1 Å². The van der Waals surface area contributed by atoms with E-state index in [0.717, 1.165) is 31.6 Å². The predicted octanol–water partition coefficient (Wildman–Crippen LogP) is 3.17. The first-order chi connectivity index (χ1) is 11.2. The lowest BCUT2D eigenvalue weighted by atomic mass is 9.94. The lowest BCUT2D eigenvalue weighted by molar-refractivity contribution is -0.111. The van der Waals surface area contributed by atoms with Crippen LogP contribution in [0.4, 0.5) is 10.8 Å². The molecular weight excluding hydrogens is 310 g/mol. The summed E-state index contributed by atoms with van der Waals surface area (Å²) in [5, 5.41) is 5.30. The molecule has 2 heterocycles. The summed E-state index contributed by atoms with van der Waals surface area (Å²) in [6.07, 6.45) is 5.59. The number of nitrogen functional groups attached to an aromatic ring is 1. The fourth-order valence-corrected chi connectivity index (χ4v) is 3.06. The van der Waals surface area contributed by atoms with Crippen molar-refractivity contribution in [1.82, 2.24) is 4.98 Å². The SMILES string of the molecule is Nc1ccc(/C(=C\C2CCOCC2)C(=O)Nc2nccs2)cc1. The second-order valence-electron chi connectivity index (χ2n) is 5.44. The molecule has 3 rings (SSSR count). The molecule has 1 aliphatic rings. The largest absolute Gasteiger partial charge is 0.399 e. The summed E-state index contributed by atoms with van der Waals surface area (Å²) in [5.41, 5.74) is 7.95. The van der Waals surface area contributed by atoms with E-state index in [0.29, 0.717) is 22.3 Å². The van der Waals surface area contributed by atoms with Crippen LogP contribution in [0, 0.1) is 5.92 Å². The first-order valence-corrected chi connectivity index (χ1v) is 8.46. The summed E-state index contributed by atoms with van der Waals surface area (Å²) in [6.45, 7) is 1.48. The summed E-state index contributed by atoms with van der Waals surface area (Å²) in [6, 6.07) is 7.37. The predicted molar refractivity (Wildman–Crippen MR) is 93.1 cm³/mol. The number of benzene rings is 1. The topological polar surface area (TPSA) is 77.2 Å². The van der Waals surface area contributed by atoms with Gasteiger partial charge in [0.05, 0.1) is 0 Å². The number of hydrogen-bond acceptors (Lipinski definition) is 5. The number of hydrogen-bond donors (Lipinski definition) is 2. The van der Waals surface area contributed by atoms with Crippen molar-refractivity contribution in [2.45, 2.75) is 12.8 Å². The van der Waals surface area contributed by atoms with Crippen molar-refractivity contribution < 1.29 is 9.53 Å². The van der Waals surface area contributed by atoms with E-state index in [1.54, 1.807) is 6.20 Å². The smallest absolute Gasteiger partial charge is 0.257 e. The minimum Gasteiger partial charge on any atom is -0.399 e. The van der Waals surface area contributed by atoms with Crippen LogP contribution in [-0.4, -0.2) is 24.1 Å². The summed E-state index contributed by atoms with van der Waals surface area (Å²) < 4.78 is 5.39. The third-order valence-electron chi connectivity index (χ3n) is 3.79. The highest BCUT2D eigenvalue weighted by Crippen LogP contribution is 2.25. The summed E-state index contributed by atoms with van der Waals surface area (Å²) >= 11 is 1.40. The van der Waals surface area contributed by atoms with E-state index in [2.05, 4.69) is 16.4 Å². The fraction of sp³-hybridized carbons (Fsp3) is 0.294. The molecule has 0 aliphatic carbocycles. The number of nitrogens with zero attached hydrogens (tertiary/aromatic N) is 1. The molecule has 6 heteroatoms. The number of amides is 1. The number of anilines is 2. The Morgan fingerprint density at radius 2 is 2.04 bits per heavy atom. The Hall–Kier alpha value is -2.18. The Balaban J connectivity index is 1.87. The van der Waals surface area contributed by atoms with Gasteiger partial charge in [0.2, 0.25) is 0 Å². The third-order valence-corrected chi connectivity index (χ3v) is 4.48. The summed E-state index contributed by atoms with van der Waals surface area (Å²) in [7, 11) is 0. The van der Waals surface area contributed by atoms with Crippen LogP contribution < -0.4 is 11.1 Å². The maximum Gasteiger partial charge on any atom is 0.257 e. The summed E-state index contributed by atoms with van der Waals surface area (Å²) in [4.78, 5) is 16.8. The number of thiazole rings is 1. The zero-order valence-corrected chi connectivity index (χ0v) is 13.5. The summed E-state index contributed by atoms with van der Waals surface area (Å²) in [5.74, 6) is 0.203. The van der Waals surface area contributed by atoms with Gasteiger partial charge in [0.1, 0.15) is 0 Å². The molecule has 120 valence electrons. The van der Waals surface area contributed by atoms with E-state index in [9.17, 15) is 4.79 Å². The highest BCUT2D eigenvalue weighted by molar-refractivity contribution is 7.13. The van der Waals surface area contributed by atoms with E-state index in [1.807, 2.05) is 29.6 Å². The second-order valence-corrected chi connectivity index (χ2v) is 6.34. The average molecular weight is 329 g/mol. The molecule has 0 bridgehead atoms. The Labute approximate surface area is 139 Å². The fourth-order valence-electron chi connectivity index (χ4n) is 2.53. The van der Waals surface area contributed by atoms with Crippen molar-refractivity contribution in [3.05, 3.63) is 47.5 Å². The number of rotatable bonds is 4. The van der Waals surface area contributed by atoms with Crippen molar-refractivity contribution in [1.29, 1.82) is 0 Å². The highest BCUT2D eigenvalue weighted by atomic mass is 32.1. The van der Waals surface area contributed by atoms with Crippen molar-refractivity contribution in [3.63, 3.8) is 0 Å². The van der Waals surface area contributed by atoms with Crippen LogP contribution in [0.3, 0.4) is 0 Å². The Morgan fingerprint density at radius 1 is 1.30 bits per heavy atom. The molecule has 0 unspecified atom stereocenters. The van der Waals surface area contributed by atoms with Crippen LogP contribution in [0.25, 0.3) is 5.57 Å². The van der Waals surface area contributed by atoms with Gasteiger partial charge in [-0.05, 0) is 36.5 Å². The van der Waals surface area contributed by atoms with Gasteiger partial charge in [-0.1, -0.05) is 18.2 Å². The Morgan fingerprint density at radius 3 is 2.70 bits per heavy atom. The molecule has 0 atom stereocenters. The number of nitrogens with two attached hydrogens (primary N) is 1. The molecule has 1 aliphatic heterocycles. The minimum atomic E-state index is -0.142. The standard InChI is InChI=1S/C17H19N3O2S/c18-14-3-1-13(2-4-14)15(11-12-5-8-22-9-6-12)16(21)20-17-19-7-10-23-17/h1-4,7,10-12H,5-6,8-9,18H2,(H,19,20,21)/b15-11+. The zero-order chi connectivity index (χ0) is 16.1. The van der Waals surface area contributed by atoms with Gasteiger partial charge in [0.15, 0.2) is 5.13 Å². The number of carbonyl (C=O) groups is 1. The van der Waals surface area contributed by atoms with Crippen LogP contribution >= 0.6 is 11.3 Å². The molecule has 0 spiro atoms. The number of ether oxygens (including phenoxy) is 1. The highest BCUT2D eigenvalue weighted by Gasteiger charge is 2.18. The van der Waals surface area contributed by atoms with Gasteiger partial charge in [0.25, 0.3) is 5.91 Å². The molecule has 1 saturated heterocycles. The quantitative estimate of drug-likeness (QED) is 0.667. The van der Waals surface area contributed by atoms with Gasteiger partial charge in [0, 0.05) is 36.1 Å². The monoisotopic (exact) mass is 329 g/mol. The molecule has 23 heavy (non-hydrogen) atoms. The van der Waals surface area contributed by atoms with Gasteiger partial charge in [-0.15, -0.1) is 11.3 Å². The zero-order valence-electron chi connectivity index (χ0n) is 12.7. The average Bonchev–Trinajstić information content (AvgIpc) is 3.07. The van der Waals surface area contributed by atoms with Crippen molar-refractivity contribution in [3.8, 4) is 0 Å². The molecule has 0 saturated carbocycles. The number of allylic oxidation sites excluding steroid dienone is 1. The van der Waals surface area contributed by atoms with Gasteiger partial charge in [-0.2, -0.15) is 0 Å². The molecule has 1 aromatic heterocycles. The second kappa shape index (κ2) is 7.39. The minimum absolute atomic E-state index is 0.142. The number of nitrogens with one attached hydrogen (secondary N) is 1. The Bertz CT molecular complexity index is 674. The van der Waals surface area contributed by atoms with E-state index >= 15 is 0 Å². The van der Waals surface area contributed by atoms with Crippen LogP contribution in [-0.2, 0) is 9.53 Å². The van der Waals surface area contributed by atoms with Crippen LogP contribution in [0.1, 0.15) is 18.4 Å². The molecule has 3 N–H and O–H groups in total. The molecule has 2 aromatic rings. The van der Waals surface area contributed by atoms with Crippen molar-refractivity contribution in [2.24, 2.45) is 5.92 Å². The normalized spacial score (nSPS) is 16.3. The van der Waals surface area contributed by atoms with E-state index in [4.69, 9.17) is 10.5 Å². The molecule has 1 amide bonds. The maximum absolute atomic E-state index is 12.7. The van der Waals surface area contributed by atoms with Crippen LogP contribution in [0.5, 0.6) is 0 Å². The molecular formula is C17H19N3O2S.